The number of benzene rings is 2. The summed E-state index contributed by atoms with van der Waals surface area (Å²) in [5.74, 6) is 0. The van der Waals surface area contributed by atoms with Gasteiger partial charge >= 0.3 is 6.18 Å². The Hall–Kier alpha value is -2.21. The molecule has 6 heteroatoms. The molecule has 0 saturated carbocycles. The van der Waals surface area contributed by atoms with Crippen LogP contribution in [0.15, 0.2) is 42.5 Å². The van der Waals surface area contributed by atoms with Crippen molar-refractivity contribution in [3.05, 3.63) is 59.2 Å². The lowest BCUT2D eigenvalue weighted by atomic mass is 9.99. The number of anilines is 2. The van der Waals surface area contributed by atoms with E-state index in [1.54, 1.807) is 6.07 Å². The van der Waals surface area contributed by atoms with Crippen LogP contribution in [0.5, 0.6) is 0 Å². The molecule has 0 radical (unpaired) electrons. The van der Waals surface area contributed by atoms with E-state index >= 15 is 0 Å². The van der Waals surface area contributed by atoms with Crippen LogP contribution in [0.3, 0.4) is 0 Å². The molecule has 1 atom stereocenters. The van der Waals surface area contributed by atoms with E-state index in [9.17, 15) is 13.2 Å². The van der Waals surface area contributed by atoms with Crippen LogP contribution in [0, 0.1) is 0 Å². The maximum atomic E-state index is 13.3. The minimum absolute atomic E-state index is 0.212. The highest BCUT2D eigenvalue weighted by atomic mass is 19.4. The van der Waals surface area contributed by atoms with E-state index in [-0.39, 0.29) is 19.1 Å². The molecule has 2 aromatic carbocycles. The van der Waals surface area contributed by atoms with Crippen LogP contribution >= 0.6 is 0 Å². The molecule has 2 aromatic rings. The van der Waals surface area contributed by atoms with Gasteiger partial charge in [-0.3, -0.25) is 0 Å². The minimum atomic E-state index is -4.36. The van der Waals surface area contributed by atoms with Crippen LogP contribution in [-0.4, -0.2) is 20.6 Å². The van der Waals surface area contributed by atoms with Gasteiger partial charge in [0.25, 0.3) is 0 Å². The smallest absolute Gasteiger partial charge is 0.378 e. The molecule has 0 spiro atoms. The van der Waals surface area contributed by atoms with Crippen molar-refractivity contribution < 1.29 is 13.2 Å². The molecule has 128 valence electrons. The molecule has 0 saturated heterocycles. The Kier molecular flexibility index (Phi) is 4.17. The molecule has 0 fully saturated rings. The van der Waals surface area contributed by atoms with Crippen molar-refractivity contribution in [2.24, 2.45) is 5.73 Å². The third-order valence-corrected chi connectivity index (χ3v) is 4.48. The first-order chi connectivity index (χ1) is 11.3. The molecule has 24 heavy (non-hydrogen) atoms. The topological polar surface area (TPSA) is 32.5 Å². The minimum Gasteiger partial charge on any atom is -0.378 e. The van der Waals surface area contributed by atoms with E-state index in [1.165, 1.54) is 6.07 Å². The zero-order chi connectivity index (χ0) is 17.5. The fourth-order valence-corrected chi connectivity index (χ4v) is 3.28. The highest BCUT2D eigenvalue weighted by molar-refractivity contribution is 5.63. The number of nitrogens with two attached hydrogens (primary N) is 1. The molecular weight excluding hydrogens is 315 g/mol. The Morgan fingerprint density at radius 2 is 1.88 bits per heavy atom. The number of hydrogen-bond donors (Lipinski definition) is 1. The maximum absolute atomic E-state index is 13.3. The number of alkyl halides is 3. The van der Waals surface area contributed by atoms with Gasteiger partial charge in [0.1, 0.15) is 0 Å². The van der Waals surface area contributed by atoms with E-state index in [0.717, 1.165) is 17.4 Å². The summed E-state index contributed by atoms with van der Waals surface area (Å²) in [7, 11) is 3.86. The van der Waals surface area contributed by atoms with Crippen LogP contribution in [0.2, 0.25) is 0 Å². The molecule has 1 aliphatic rings. The van der Waals surface area contributed by atoms with Crippen molar-refractivity contribution in [3.63, 3.8) is 0 Å². The zero-order valence-corrected chi connectivity index (χ0v) is 13.6. The van der Waals surface area contributed by atoms with Gasteiger partial charge in [-0.2, -0.15) is 13.2 Å². The van der Waals surface area contributed by atoms with Gasteiger partial charge in [-0.15, -0.1) is 0 Å². The Bertz CT molecular complexity index is 741. The van der Waals surface area contributed by atoms with Gasteiger partial charge < -0.3 is 15.5 Å². The fraction of sp³-hybridized carbons (Fsp3) is 0.333. The molecule has 1 aliphatic heterocycles. The van der Waals surface area contributed by atoms with Gasteiger partial charge in [-0.05, 0) is 35.4 Å². The summed E-state index contributed by atoms with van der Waals surface area (Å²) in [6.45, 7) is 0.476. The number of hydrogen-bond acceptors (Lipinski definition) is 3. The number of halogens is 3. The Labute approximate surface area is 139 Å². The normalized spacial score (nSPS) is 17.1. The molecule has 3 nitrogen and oxygen atoms in total. The van der Waals surface area contributed by atoms with Gasteiger partial charge in [0.2, 0.25) is 0 Å². The second-order valence-electron chi connectivity index (χ2n) is 6.16. The Balaban J connectivity index is 2.05. The highest BCUT2D eigenvalue weighted by Gasteiger charge is 2.39. The molecule has 0 aromatic heterocycles. The molecule has 1 unspecified atom stereocenters. The summed E-state index contributed by atoms with van der Waals surface area (Å²) in [6, 6.07) is 11.9. The van der Waals surface area contributed by atoms with E-state index in [2.05, 4.69) is 0 Å². The SMILES string of the molecule is CN(C)c1cccc(N2Cc3c(cccc3C(F)(F)F)C2CN)c1. The van der Waals surface area contributed by atoms with Crippen molar-refractivity contribution in [2.75, 3.05) is 30.4 Å². The van der Waals surface area contributed by atoms with Crippen molar-refractivity contribution in [1.29, 1.82) is 0 Å². The van der Waals surface area contributed by atoms with E-state index in [1.807, 2.05) is 48.2 Å². The second-order valence-corrected chi connectivity index (χ2v) is 6.16. The van der Waals surface area contributed by atoms with Crippen molar-refractivity contribution in [3.8, 4) is 0 Å². The highest BCUT2D eigenvalue weighted by Crippen LogP contribution is 2.43. The lowest BCUT2D eigenvalue weighted by molar-refractivity contribution is -0.138. The van der Waals surface area contributed by atoms with E-state index in [0.29, 0.717) is 11.1 Å². The Morgan fingerprint density at radius 1 is 1.17 bits per heavy atom. The third kappa shape index (κ3) is 2.82. The average Bonchev–Trinajstić information content (AvgIpc) is 2.92. The van der Waals surface area contributed by atoms with E-state index < -0.39 is 11.7 Å². The van der Waals surface area contributed by atoms with Crippen LogP contribution < -0.4 is 15.5 Å². The maximum Gasteiger partial charge on any atom is 0.416 e. The summed E-state index contributed by atoms with van der Waals surface area (Å²) in [4.78, 5) is 3.91. The van der Waals surface area contributed by atoms with Gasteiger partial charge in [-0.25, -0.2) is 0 Å². The predicted octanol–water partition coefficient (Wildman–Crippen LogP) is 3.79. The summed E-state index contributed by atoms with van der Waals surface area (Å²) in [6.07, 6.45) is -4.36. The lowest BCUT2D eigenvalue weighted by Gasteiger charge is -2.27. The molecule has 0 bridgehead atoms. The number of fused-ring (bicyclic) bond motifs is 1. The molecule has 0 amide bonds. The third-order valence-electron chi connectivity index (χ3n) is 4.48. The first-order valence-corrected chi connectivity index (χ1v) is 7.76. The lowest BCUT2D eigenvalue weighted by Crippen LogP contribution is -2.27. The molecule has 1 heterocycles. The molecule has 3 rings (SSSR count). The standard InChI is InChI=1S/C18H20F3N3/c1-23(2)12-5-3-6-13(9-12)24-11-15-14(17(24)10-22)7-4-8-16(15)18(19,20)21/h3-9,17H,10-11,22H2,1-2H3. The quantitative estimate of drug-likeness (QED) is 0.926. The fourth-order valence-electron chi connectivity index (χ4n) is 3.28. The Morgan fingerprint density at radius 3 is 2.50 bits per heavy atom. The first-order valence-electron chi connectivity index (χ1n) is 7.76. The monoisotopic (exact) mass is 335 g/mol. The summed E-state index contributed by atoms with van der Waals surface area (Å²) >= 11 is 0. The number of nitrogens with zero attached hydrogens (tertiary/aromatic N) is 2. The molecular formula is C18H20F3N3. The molecule has 0 aliphatic carbocycles. The van der Waals surface area contributed by atoms with Crippen LogP contribution in [0.4, 0.5) is 24.5 Å². The van der Waals surface area contributed by atoms with Crippen LogP contribution in [-0.2, 0) is 12.7 Å². The summed E-state index contributed by atoms with van der Waals surface area (Å²) < 4.78 is 40.0. The van der Waals surface area contributed by atoms with Gasteiger partial charge in [-0.1, -0.05) is 18.2 Å². The second kappa shape index (κ2) is 6.02. The van der Waals surface area contributed by atoms with Crippen molar-refractivity contribution in [2.45, 2.75) is 18.8 Å². The number of rotatable bonds is 3. The first kappa shape index (κ1) is 16.6. The largest absolute Gasteiger partial charge is 0.416 e. The summed E-state index contributed by atoms with van der Waals surface area (Å²) in [5, 5.41) is 0. The average molecular weight is 335 g/mol. The van der Waals surface area contributed by atoms with E-state index in [4.69, 9.17) is 5.73 Å². The predicted molar refractivity (Wildman–Crippen MR) is 90.2 cm³/mol. The zero-order valence-electron chi connectivity index (χ0n) is 13.6. The van der Waals surface area contributed by atoms with Crippen LogP contribution in [0.1, 0.15) is 22.7 Å². The van der Waals surface area contributed by atoms with Gasteiger partial charge in [0.15, 0.2) is 0 Å². The van der Waals surface area contributed by atoms with Gasteiger partial charge in [0.05, 0.1) is 11.6 Å². The van der Waals surface area contributed by atoms with Crippen LogP contribution in [0.25, 0.3) is 0 Å². The summed E-state index contributed by atoms with van der Waals surface area (Å²) in [5.41, 5.74) is 8.20. The van der Waals surface area contributed by atoms with Gasteiger partial charge in [0, 0.05) is 38.6 Å². The van der Waals surface area contributed by atoms with Crippen molar-refractivity contribution >= 4 is 11.4 Å². The molecule has 2 N–H and O–H groups in total. The van der Waals surface area contributed by atoms with Crippen molar-refractivity contribution in [1.82, 2.24) is 0 Å².